The Kier molecular flexibility index (Phi) is 4.22. The monoisotopic (exact) mass is 255 g/mol. The molecule has 2 unspecified atom stereocenters. The Labute approximate surface area is 107 Å². The fourth-order valence-corrected chi connectivity index (χ4v) is 2.84. The van der Waals surface area contributed by atoms with E-state index in [2.05, 4.69) is 0 Å². The van der Waals surface area contributed by atoms with Gasteiger partial charge in [-0.1, -0.05) is 6.42 Å². The van der Waals surface area contributed by atoms with Crippen molar-refractivity contribution < 1.29 is 19.8 Å². The molecule has 2 aliphatic carbocycles. The molecule has 0 spiro atoms. The van der Waals surface area contributed by atoms with Gasteiger partial charge in [-0.3, -0.25) is 9.59 Å². The first-order chi connectivity index (χ1) is 8.63. The van der Waals surface area contributed by atoms with Crippen LogP contribution in [0.3, 0.4) is 0 Å². The molecule has 5 heteroatoms. The Balaban J connectivity index is 1.96. The van der Waals surface area contributed by atoms with Crippen LogP contribution in [0.15, 0.2) is 0 Å². The molecule has 2 fully saturated rings. The summed E-state index contributed by atoms with van der Waals surface area (Å²) in [5.74, 6) is -1.26. The lowest BCUT2D eigenvalue weighted by molar-refractivity contribution is -0.145. The molecule has 0 aromatic rings. The molecule has 1 amide bonds. The summed E-state index contributed by atoms with van der Waals surface area (Å²) in [6.07, 6.45) is 4.77. The fourth-order valence-electron chi connectivity index (χ4n) is 2.84. The number of carboxylic acid groups (broad SMARTS) is 1. The maximum absolute atomic E-state index is 12.4. The van der Waals surface area contributed by atoms with Crippen molar-refractivity contribution >= 4 is 11.9 Å². The first-order valence-corrected chi connectivity index (χ1v) is 6.77. The van der Waals surface area contributed by atoms with Crippen molar-refractivity contribution in [1.82, 2.24) is 4.90 Å². The number of nitrogens with zero attached hydrogens (tertiary/aromatic N) is 1. The highest BCUT2D eigenvalue weighted by molar-refractivity contribution is 5.81. The number of hydrogen-bond donors (Lipinski definition) is 2. The van der Waals surface area contributed by atoms with Gasteiger partial charge in [0.25, 0.3) is 0 Å². The summed E-state index contributed by atoms with van der Waals surface area (Å²) in [4.78, 5) is 25.1. The van der Waals surface area contributed by atoms with E-state index in [-0.39, 0.29) is 30.4 Å². The highest BCUT2D eigenvalue weighted by atomic mass is 16.4. The third-order valence-corrected chi connectivity index (χ3v) is 3.98. The first kappa shape index (κ1) is 13.3. The number of carbonyl (C=O) groups is 2. The Morgan fingerprint density at radius 1 is 1.11 bits per heavy atom. The second-order valence-electron chi connectivity index (χ2n) is 5.39. The predicted molar refractivity (Wildman–Crippen MR) is 64.9 cm³/mol. The molecule has 2 saturated carbocycles. The predicted octanol–water partition coefficient (Wildman–Crippen LogP) is 0.861. The minimum absolute atomic E-state index is 0.0165. The van der Waals surface area contributed by atoms with Crippen LogP contribution in [0.4, 0.5) is 0 Å². The number of hydrogen-bond acceptors (Lipinski definition) is 3. The van der Waals surface area contributed by atoms with Crippen LogP contribution < -0.4 is 0 Å². The van der Waals surface area contributed by atoms with E-state index in [1.54, 1.807) is 4.90 Å². The van der Waals surface area contributed by atoms with Crippen LogP contribution in [0.2, 0.25) is 0 Å². The van der Waals surface area contributed by atoms with E-state index in [9.17, 15) is 9.59 Å². The largest absolute Gasteiger partial charge is 0.481 e. The van der Waals surface area contributed by atoms with Gasteiger partial charge in [-0.05, 0) is 32.1 Å². The number of carboxylic acids is 1. The van der Waals surface area contributed by atoms with Gasteiger partial charge in [0.05, 0.1) is 12.5 Å². The minimum atomic E-state index is -0.785. The quantitative estimate of drug-likeness (QED) is 0.764. The van der Waals surface area contributed by atoms with E-state index in [4.69, 9.17) is 10.2 Å². The van der Waals surface area contributed by atoms with Gasteiger partial charge < -0.3 is 15.1 Å². The highest BCUT2D eigenvalue weighted by Crippen LogP contribution is 2.34. The van der Waals surface area contributed by atoms with Crippen molar-refractivity contribution in [1.29, 1.82) is 0 Å². The molecule has 0 bridgehead atoms. The van der Waals surface area contributed by atoms with E-state index in [1.165, 1.54) is 0 Å². The van der Waals surface area contributed by atoms with Crippen molar-refractivity contribution in [2.45, 2.75) is 44.6 Å². The molecule has 0 saturated heterocycles. The van der Waals surface area contributed by atoms with Crippen molar-refractivity contribution in [3.8, 4) is 0 Å². The topological polar surface area (TPSA) is 77.8 Å². The van der Waals surface area contributed by atoms with Gasteiger partial charge >= 0.3 is 5.97 Å². The Bertz CT molecular complexity index is 327. The average Bonchev–Trinajstić information content (AvgIpc) is 3.19. The van der Waals surface area contributed by atoms with Crippen molar-refractivity contribution in [2.24, 2.45) is 11.8 Å². The maximum atomic E-state index is 12.4. The SMILES string of the molecule is O=C(O)C1CCCC(C(=O)N(CCO)C2CC2)C1. The molecule has 2 N–H and O–H groups in total. The van der Waals surface area contributed by atoms with Crippen LogP contribution in [0, 0.1) is 11.8 Å². The number of aliphatic carboxylic acids is 1. The number of carbonyl (C=O) groups excluding carboxylic acids is 1. The molecule has 5 nitrogen and oxygen atoms in total. The molecule has 0 aromatic heterocycles. The summed E-state index contributed by atoms with van der Waals surface area (Å²) in [6.45, 7) is 0.370. The zero-order chi connectivity index (χ0) is 13.1. The molecule has 2 rings (SSSR count). The smallest absolute Gasteiger partial charge is 0.306 e. The second kappa shape index (κ2) is 5.69. The third-order valence-electron chi connectivity index (χ3n) is 3.98. The van der Waals surface area contributed by atoms with Crippen molar-refractivity contribution in [2.75, 3.05) is 13.2 Å². The van der Waals surface area contributed by atoms with E-state index in [1.807, 2.05) is 0 Å². The van der Waals surface area contributed by atoms with Crippen molar-refractivity contribution in [3.05, 3.63) is 0 Å². The van der Waals surface area contributed by atoms with Crippen LogP contribution in [0.5, 0.6) is 0 Å². The van der Waals surface area contributed by atoms with Crippen LogP contribution >= 0.6 is 0 Å². The summed E-state index contributed by atoms with van der Waals surface area (Å²) in [5.41, 5.74) is 0. The molecular weight excluding hydrogens is 234 g/mol. The van der Waals surface area contributed by atoms with E-state index < -0.39 is 5.97 Å². The number of aliphatic hydroxyl groups excluding tert-OH is 1. The summed E-state index contributed by atoms with van der Waals surface area (Å²) in [5, 5.41) is 18.0. The zero-order valence-electron chi connectivity index (χ0n) is 10.5. The molecule has 0 aromatic carbocycles. The Hall–Kier alpha value is -1.10. The van der Waals surface area contributed by atoms with Gasteiger partial charge in [0.15, 0.2) is 0 Å². The summed E-state index contributed by atoms with van der Waals surface area (Å²) >= 11 is 0. The lowest BCUT2D eigenvalue weighted by Gasteiger charge is -2.31. The molecule has 0 radical (unpaired) electrons. The average molecular weight is 255 g/mol. The van der Waals surface area contributed by atoms with Crippen LogP contribution in [0.1, 0.15) is 38.5 Å². The Morgan fingerprint density at radius 3 is 2.33 bits per heavy atom. The van der Waals surface area contributed by atoms with Gasteiger partial charge in [0.1, 0.15) is 0 Å². The maximum Gasteiger partial charge on any atom is 0.306 e. The number of rotatable bonds is 5. The van der Waals surface area contributed by atoms with Crippen LogP contribution in [0.25, 0.3) is 0 Å². The fraction of sp³-hybridized carbons (Fsp3) is 0.846. The van der Waals surface area contributed by atoms with Crippen LogP contribution in [-0.2, 0) is 9.59 Å². The van der Waals surface area contributed by atoms with Crippen molar-refractivity contribution in [3.63, 3.8) is 0 Å². The minimum Gasteiger partial charge on any atom is -0.481 e. The third kappa shape index (κ3) is 3.02. The second-order valence-corrected chi connectivity index (χ2v) is 5.39. The van der Waals surface area contributed by atoms with Crippen LogP contribution in [-0.4, -0.2) is 46.2 Å². The van der Waals surface area contributed by atoms with E-state index in [0.717, 1.165) is 25.7 Å². The summed E-state index contributed by atoms with van der Waals surface area (Å²) in [7, 11) is 0. The standard InChI is InChI=1S/C13H21NO4/c15-7-6-14(11-4-5-11)12(16)9-2-1-3-10(8-9)13(17)18/h9-11,15H,1-8H2,(H,17,18). The lowest BCUT2D eigenvalue weighted by Crippen LogP contribution is -2.41. The van der Waals surface area contributed by atoms with Gasteiger partial charge in [0, 0.05) is 18.5 Å². The van der Waals surface area contributed by atoms with Gasteiger partial charge in [-0.25, -0.2) is 0 Å². The zero-order valence-corrected chi connectivity index (χ0v) is 10.5. The molecule has 2 aliphatic rings. The summed E-state index contributed by atoms with van der Waals surface area (Å²) in [6, 6.07) is 0.287. The highest BCUT2D eigenvalue weighted by Gasteiger charge is 2.38. The number of aliphatic hydroxyl groups is 1. The molecule has 2 atom stereocenters. The Morgan fingerprint density at radius 2 is 1.78 bits per heavy atom. The molecule has 18 heavy (non-hydrogen) atoms. The lowest BCUT2D eigenvalue weighted by atomic mass is 9.80. The molecule has 0 aliphatic heterocycles. The number of amides is 1. The van der Waals surface area contributed by atoms with Gasteiger partial charge in [-0.2, -0.15) is 0 Å². The molecular formula is C13H21NO4. The normalized spacial score (nSPS) is 27.8. The summed E-state index contributed by atoms with van der Waals surface area (Å²) < 4.78 is 0. The van der Waals surface area contributed by atoms with E-state index in [0.29, 0.717) is 19.4 Å². The molecule has 102 valence electrons. The van der Waals surface area contributed by atoms with E-state index >= 15 is 0 Å². The molecule has 0 heterocycles. The van der Waals surface area contributed by atoms with Gasteiger partial charge in [0.2, 0.25) is 5.91 Å². The van der Waals surface area contributed by atoms with Gasteiger partial charge in [-0.15, -0.1) is 0 Å². The first-order valence-electron chi connectivity index (χ1n) is 6.77.